The summed E-state index contributed by atoms with van der Waals surface area (Å²) in [6, 6.07) is 8.95. The molecule has 0 aromatic heterocycles. The van der Waals surface area contributed by atoms with Crippen molar-refractivity contribution in [3.8, 4) is 11.8 Å². The molecule has 0 saturated heterocycles. The van der Waals surface area contributed by atoms with Gasteiger partial charge in [0.2, 0.25) is 0 Å². The van der Waals surface area contributed by atoms with Gasteiger partial charge in [0.25, 0.3) is 0 Å². The Hall–Kier alpha value is -2.80. The van der Waals surface area contributed by atoms with Crippen molar-refractivity contribution in [2.75, 3.05) is 6.54 Å². The van der Waals surface area contributed by atoms with E-state index >= 15 is 0 Å². The zero-order valence-electron chi connectivity index (χ0n) is 21.5. The molecule has 1 aromatic carbocycles. The predicted octanol–water partition coefficient (Wildman–Crippen LogP) is 6.32. The van der Waals surface area contributed by atoms with E-state index in [-0.39, 0.29) is 12.1 Å². The molecule has 3 atom stereocenters. The average Bonchev–Trinajstić information content (AvgIpc) is 2.77. The van der Waals surface area contributed by atoms with Gasteiger partial charge in [0.1, 0.15) is 0 Å². The summed E-state index contributed by atoms with van der Waals surface area (Å²) in [6.07, 6.45) is 5.36. The molecule has 1 heterocycles. The van der Waals surface area contributed by atoms with Gasteiger partial charge in [-0.3, -0.25) is 0 Å². The fourth-order valence-corrected chi connectivity index (χ4v) is 4.22. The van der Waals surface area contributed by atoms with E-state index in [0.717, 1.165) is 52.2 Å². The Morgan fingerprint density at radius 2 is 1.79 bits per heavy atom. The molecule has 33 heavy (non-hydrogen) atoms. The summed E-state index contributed by atoms with van der Waals surface area (Å²) >= 11 is 0. The van der Waals surface area contributed by atoms with E-state index in [0.29, 0.717) is 6.04 Å². The first-order valence-electron chi connectivity index (χ1n) is 11.8. The molecule has 3 heteroatoms. The van der Waals surface area contributed by atoms with Crippen molar-refractivity contribution in [1.82, 2.24) is 10.2 Å². The monoisotopic (exact) mass is 443 g/mol. The van der Waals surface area contributed by atoms with Crippen LogP contribution in [-0.2, 0) is 0 Å². The van der Waals surface area contributed by atoms with Gasteiger partial charge in [-0.25, -0.2) is 0 Å². The fraction of sp³-hybridized carbons (Fsp3) is 0.400. The normalized spacial score (nSPS) is 20.1. The quantitative estimate of drug-likeness (QED) is 0.224. The highest BCUT2D eigenvalue weighted by molar-refractivity contribution is 5.83. The Bertz CT molecular complexity index is 1020. The van der Waals surface area contributed by atoms with Crippen LogP contribution in [0.25, 0.3) is 5.57 Å². The molecule has 0 spiro atoms. The highest BCUT2D eigenvalue weighted by atomic mass is 15.2. The first kappa shape index (κ1) is 26.5. The highest BCUT2D eigenvalue weighted by Gasteiger charge is 2.20. The summed E-state index contributed by atoms with van der Waals surface area (Å²) in [5, 5.41) is 3.54. The third-order valence-electron chi connectivity index (χ3n) is 6.24. The Morgan fingerprint density at radius 3 is 2.27 bits per heavy atom. The number of nitrogens with zero attached hydrogens (tertiary/aromatic N) is 1. The molecular weight excluding hydrogens is 402 g/mol. The number of allylic oxidation sites excluding steroid dienone is 6. The summed E-state index contributed by atoms with van der Waals surface area (Å²) in [5.41, 5.74) is 14.8. The number of nitrogens with one attached hydrogen (secondary N) is 1. The number of aryl methyl sites for hydroxylation is 1. The molecule has 3 nitrogen and oxygen atoms in total. The van der Waals surface area contributed by atoms with E-state index in [1.165, 1.54) is 5.56 Å². The molecule has 0 amide bonds. The minimum atomic E-state index is -0.201. The van der Waals surface area contributed by atoms with Crippen LogP contribution in [0.1, 0.15) is 59.1 Å². The average molecular weight is 444 g/mol. The number of nitrogens with two attached hydrogens (primary N) is 1. The number of hydrogen-bond acceptors (Lipinski definition) is 3. The van der Waals surface area contributed by atoms with Crippen LogP contribution in [0.15, 0.2) is 77.7 Å². The largest absolute Gasteiger partial charge is 0.334 e. The molecule has 0 saturated carbocycles. The minimum absolute atomic E-state index is 0.201. The molecule has 0 aliphatic carbocycles. The van der Waals surface area contributed by atoms with Crippen molar-refractivity contribution in [2.24, 2.45) is 11.7 Å². The summed E-state index contributed by atoms with van der Waals surface area (Å²) in [6.45, 7) is 24.1. The van der Waals surface area contributed by atoms with Crippen LogP contribution in [0, 0.1) is 24.7 Å². The second-order valence-corrected chi connectivity index (χ2v) is 9.08. The van der Waals surface area contributed by atoms with E-state index in [4.69, 9.17) is 5.73 Å². The van der Waals surface area contributed by atoms with Crippen LogP contribution < -0.4 is 11.1 Å². The van der Waals surface area contributed by atoms with Crippen LogP contribution in [0.4, 0.5) is 0 Å². The third-order valence-corrected chi connectivity index (χ3v) is 6.24. The lowest BCUT2D eigenvalue weighted by Crippen LogP contribution is -2.37. The van der Waals surface area contributed by atoms with Crippen molar-refractivity contribution >= 4 is 5.57 Å². The maximum absolute atomic E-state index is 6.33. The molecule has 176 valence electrons. The molecule has 1 aliphatic heterocycles. The number of benzene rings is 1. The van der Waals surface area contributed by atoms with E-state index in [9.17, 15) is 0 Å². The minimum Gasteiger partial charge on any atom is -0.334 e. The molecule has 2 rings (SSSR count). The summed E-state index contributed by atoms with van der Waals surface area (Å²) < 4.78 is 0. The van der Waals surface area contributed by atoms with E-state index in [1.54, 1.807) is 0 Å². The predicted molar refractivity (Wildman–Crippen MR) is 144 cm³/mol. The lowest BCUT2D eigenvalue weighted by molar-refractivity contribution is 0.341. The van der Waals surface area contributed by atoms with Crippen molar-refractivity contribution in [3.63, 3.8) is 0 Å². The van der Waals surface area contributed by atoms with Crippen molar-refractivity contribution in [2.45, 2.75) is 67.1 Å². The Balaban J connectivity index is 2.56. The van der Waals surface area contributed by atoms with Crippen LogP contribution in [0.5, 0.6) is 0 Å². The summed E-state index contributed by atoms with van der Waals surface area (Å²) in [7, 11) is 0. The van der Waals surface area contributed by atoms with Gasteiger partial charge in [0, 0.05) is 35.1 Å². The van der Waals surface area contributed by atoms with Crippen LogP contribution in [0.3, 0.4) is 0 Å². The lowest BCUT2D eigenvalue weighted by Gasteiger charge is -2.32. The second-order valence-electron chi connectivity index (χ2n) is 9.08. The fourth-order valence-electron chi connectivity index (χ4n) is 4.22. The van der Waals surface area contributed by atoms with E-state index in [1.807, 2.05) is 13.8 Å². The smallest absolute Gasteiger partial charge is 0.0785 e. The Kier molecular flexibility index (Phi) is 9.53. The van der Waals surface area contributed by atoms with E-state index < -0.39 is 0 Å². The molecule has 1 aliphatic rings. The highest BCUT2D eigenvalue weighted by Crippen LogP contribution is 2.34. The molecule has 3 unspecified atom stereocenters. The molecule has 0 radical (unpaired) electrons. The summed E-state index contributed by atoms with van der Waals surface area (Å²) in [5.74, 6) is 7.08. The zero-order valence-corrected chi connectivity index (χ0v) is 21.5. The lowest BCUT2D eigenvalue weighted by atomic mass is 9.89. The Morgan fingerprint density at radius 1 is 1.15 bits per heavy atom. The van der Waals surface area contributed by atoms with Crippen LogP contribution in [-0.4, -0.2) is 23.7 Å². The zero-order chi connectivity index (χ0) is 24.7. The summed E-state index contributed by atoms with van der Waals surface area (Å²) in [4.78, 5) is 2.07. The van der Waals surface area contributed by atoms with Crippen LogP contribution >= 0.6 is 0 Å². The van der Waals surface area contributed by atoms with Crippen molar-refractivity contribution < 1.29 is 0 Å². The van der Waals surface area contributed by atoms with Gasteiger partial charge in [-0.2, -0.15) is 0 Å². The molecule has 3 N–H and O–H groups in total. The molecule has 0 fully saturated rings. The molecule has 0 bridgehead atoms. The second kappa shape index (κ2) is 11.9. The van der Waals surface area contributed by atoms with Gasteiger partial charge in [-0.15, -0.1) is 0 Å². The van der Waals surface area contributed by atoms with Gasteiger partial charge >= 0.3 is 0 Å². The number of rotatable bonds is 7. The first-order chi connectivity index (χ1) is 15.6. The SMILES string of the molecule is C=C(C(/C(C)=C(\C)C#CC1C=CC(CC)NC1)=C(/C)N(C(=C)C)C(C)N)c1ccc(C)cc1. The standard InChI is InChI=1S/C30H41N3/c1-10-29-18-15-27(19-32-29)14-13-22(5)23(6)30(25(8)33(20(2)3)26(9)31)24(7)28-16-11-21(4)12-17-28/h11-12,15-18,26-27,29,32H,2,7,10,19,31H2,1,3-6,8-9H3/b23-22+,30-25-. The molecular formula is C30H41N3. The maximum atomic E-state index is 6.33. The van der Waals surface area contributed by atoms with Gasteiger partial charge in [0.05, 0.1) is 12.1 Å². The van der Waals surface area contributed by atoms with Gasteiger partial charge in [0.15, 0.2) is 0 Å². The van der Waals surface area contributed by atoms with E-state index in [2.05, 4.69) is 106 Å². The first-order valence-corrected chi connectivity index (χ1v) is 11.8. The number of hydrogen-bond donors (Lipinski definition) is 2. The maximum Gasteiger partial charge on any atom is 0.0785 e. The van der Waals surface area contributed by atoms with Gasteiger partial charge in [-0.05, 0) is 64.7 Å². The third kappa shape index (κ3) is 6.84. The van der Waals surface area contributed by atoms with Gasteiger partial charge < -0.3 is 16.0 Å². The molecule has 1 aromatic rings. The topological polar surface area (TPSA) is 41.3 Å². The van der Waals surface area contributed by atoms with Gasteiger partial charge in [-0.1, -0.05) is 73.9 Å². The van der Waals surface area contributed by atoms with Crippen LogP contribution in [0.2, 0.25) is 0 Å². The Labute approximate surface area is 201 Å². The van der Waals surface area contributed by atoms with Crippen molar-refractivity contribution in [1.29, 1.82) is 0 Å². The van der Waals surface area contributed by atoms with Crippen molar-refractivity contribution in [3.05, 3.63) is 88.8 Å².